The van der Waals surface area contributed by atoms with E-state index in [1.165, 1.54) is 6.07 Å². The van der Waals surface area contributed by atoms with Gasteiger partial charge in [0.1, 0.15) is 6.17 Å². The number of aryl methyl sites for hydroxylation is 1. The maximum Gasteiger partial charge on any atom is 0.253 e. The number of rotatable bonds is 4. The fraction of sp³-hybridized carbons (Fsp3) is 0.176. The number of carbonyl (C=O) groups excluding carboxylic acids is 1. The third-order valence-electron chi connectivity index (χ3n) is 3.40. The summed E-state index contributed by atoms with van der Waals surface area (Å²) in [5.74, 6) is -0.463. The van der Waals surface area contributed by atoms with Crippen molar-refractivity contribution in [2.45, 2.75) is 16.9 Å². The molecule has 0 radical (unpaired) electrons. The van der Waals surface area contributed by atoms with E-state index in [1.54, 1.807) is 18.2 Å². The molecule has 2 aromatic carbocycles. The first kappa shape index (κ1) is 22.8. The molecule has 0 heterocycles. The lowest BCUT2D eigenvalue weighted by Gasteiger charge is -2.28. The van der Waals surface area contributed by atoms with Crippen LogP contribution in [0.25, 0.3) is 0 Å². The molecule has 10 heteroatoms. The Hall–Kier alpha value is -0.510. The van der Waals surface area contributed by atoms with Crippen molar-refractivity contribution < 1.29 is 4.79 Å². The van der Waals surface area contributed by atoms with E-state index in [0.29, 0.717) is 10.6 Å². The number of alkyl halides is 3. The first-order chi connectivity index (χ1) is 12.6. The zero-order valence-electron chi connectivity index (χ0n) is 13.8. The summed E-state index contributed by atoms with van der Waals surface area (Å²) in [4.78, 5) is 12.4. The average Bonchev–Trinajstić information content (AvgIpc) is 2.56. The number of hydrogen-bond acceptors (Lipinski definition) is 2. The lowest BCUT2D eigenvalue weighted by atomic mass is 10.2. The van der Waals surface area contributed by atoms with E-state index in [1.807, 2.05) is 25.1 Å². The second kappa shape index (κ2) is 9.80. The number of benzene rings is 2. The zero-order valence-corrected chi connectivity index (χ0v) is 19.8. The van der Waals surface area contributed by atoms with Gasteiger partial charge < -0.3 is 16.0 Å². The molecule has 144 valence electrons. The van der Waals surface area contributed by atoms with Crippen LogP contribution in [0.15, 0.2) is 42.5 Å². The molecule has 0 saturated carbocycles. The summed E-state index contributed by atoms with van der Waals surface area (Å²) >= 11 is 31.4. The molecule has 27 heavy (non-hydrogen) atoms. The van der Waals surface area contributed by atoms with Gasteiger partial charge >= 0.3 is 0 Å². The monoisotopic (exact) mass is 575 g/mol. The van der Waals surface area contributed by atoms with Crippen LogP contribution in [0.5, 0.6) is 0 Å². The van der Waals surface area contributed by atoms with Gasteiger partial charge in [0.15, 0.2) is 5.11 Å². The van der Waals surface area contributed by atoms with E-state index >= 15 is 0 Å². The first-order valence-electron chi connectivity index (χ1n) is 7.53. The van der Waals surface area contributed by atoms with Crippen LogP contribution < -0.4 is 16.0 Å². The molecule has 1 amide bonds. The molecule has 1 unspecified atom stereocenters. The normalized spacial score (nSPS) is 12.2. The maximum absolute atomic E-state index is 12.4. The van der Waals surface area contributed by atoms with Crippen molar-refractivity contribution in [3.05, 3.63) is 62.2 Å². The van der Waals surface area contributed by atoms with Crippen LogP contribution in [0, 0.1) is 10.5 Å². The van der Waals surface area contributed by atoms with Gasteiger partial charge in [0.2, 0.25) is 3.79 Å². The maximum atomic E-state index is 12.4. The summed E-state index contributed by atoms with van der Waals surface area (Å²) in [5.41, 5.74) is 2.13. The molecule has 0 aromatic heterocycles. The quantitative estimate of drug-likeness (QED) is 0.190. The first-order valence-corrected chi connectivity index (χ1v) is 10.5. The van der Waals surface area contributed by atoms with Crippen molar-refractivity contribution >= 4 is 97.9 Å². The smallest absolute Gasteiger partial charge is 0.253 e. The van der Waals surface area contributed by atoms with E-state index in [0.717, 1.165) is 14.8 Å². The predicted molar refractivity (Wildman–Crippen MR) is 126 cm³/mol. The highest BCUT2D eigenvalue weighted by Crippen LogP contribution is 2.29. The minimum Gasteiger partial charge on any atom is -0.339 e. The molecule has 0 spiro atoms. The van der Waals surface area contributed by atoms with Gasteiger partial charge in [-0.3, -0.25) is 4.79 Å². The number of carbonyl (C=O) groups is 1. The summed E-state index contributed by atoms with van der Waals surface area (Å²) in [7, 11) is 0. The minimum atomic E-state index is -1.85. The molecule has 0 aliphatic heterocycles. The SMILES string of the molecule is Cc1cc(I)ccc1NC(=S)NC(NC(=O)c1cccc(Cl)c1)C(Cl)(Cl)Cl. The van der Waals surface area contributed by atoms with E-state index in [4.69, 9.17) is 58.6 Å². The largest absolute Gasteiger partial charge is 0.339 e. The van der Waals surface area contributed by atoms with Crippen molar-refractivity contribution in [3.63, 3.8) is 0 Å². The molecule has 0 bridgehead atoms. The average molecular weight is 577 g/mol. The third-order valence-corrected chi connectivity index (χ3v) is 5.18. The zero-order chi connectivity index (χ0) is 20.2. The summed E-state index contributed by atoms with van der Waals surface area (Å²) < 4.78 is -0.747. The van der Waals surface area contributed by atoms with Crippen LogP contribution in [0.3, 0.4) is 0 Å². The molecular formula is C17H14Cl4IN3OS. The summed E-state index contributed by atoms with van der Waals surface area (Å²) in [6.45, 7) is 1.94. The summed E-state index contributed by atoms with van der Waals surface area (Å²) in [5, 5.41) is 9.08. The molecule has 3 N–H and O–H groups in total. The Bertz CT molecular complexity index is 860. The third kappa shape index (κ3) is 7.11. The van der Waals surface area contributed by atoms with Crippen LogP contribution in [-0.4, -0.2) is 21.0 Å². The molecule has 1 atom stereocenters. The van der Waals surface area contributed by atoms with Gasteiger partial charge in [-0.25, -0.2) is 0 Å². The lowest BCUT2D eigenvalue weighted by Crippen LogP contribution is -2.56. The van der Waals surface area contributed by atoms with Gasteiger partial charge in [-0.2, -0.15) is 0 Å². The van der Waals surface area contributed by atoms with Gasteiger partial charge in [-0.1, -0.05) is 52.5 Å². The Balaban J connectivity index is 2.10. The molecular weight excluding hydrogens is 563 g/mol. The van der Waals surface area contributed by atoms with Gasteiger partial charge in [-0.15, -0.1) is 0 Å². The van der Waals surface area contributed by atoms with Crippen molar-refractivity contribution in [2.24, 2.45) is 0 Å². The molecule has 0 aliphatic rings. The Morgan fingerprint density at radius 3 is 2.44 bits per heavy atom. The van der Waals surface area contributed by atoms with Crippen LogP contribution in [0.1, 0.15) is 15.9 Å². The molecule has 0 saturated heterocycles. The van der Waals surface area contributed by atoms with E-state index in [-0.39, 0.29) is 5.11 Å². The standard InChI is InChI=1S/C17H14Cl4IN3OS/c1-9-7-12(22)5-6-13(9)23-16(27)25-15(17(19,20)21)24-14(26)10-3-2-4-11(18)8-10/h2-8,15H,1H3,(H,24,26)(H2,23,25,27). The second-order valence-electron chi connectivity index (χ2n) is 5.52. The van der Waals surface area contributed by atoms with Crippen LogP contribution >= 0.6 is 81.2 Å². The van der Waals surface area contributed by atoms with Crippen LogP contribution in [-0.2, 0) is 0 Å². The number of amides is 1. The van der Waals surface area contributed by atoms with Crippen molar-refractivity contribution in [2.75, 3.05) is 5.32 Å². The Morgan fingerprint density at radius 2 is 1.85 bits per heavy atom. The van der Waals surface area contributed by atoms with Gasteiger partial charge in [0.25, 0.3) is 5.91 Å². The molecule has 2 rings (SSSR count). The number of hydrogen-bond donors (Lipinski definition) is 3. The second-order valence-corrected chi connectivity index (χ2v) is 9.98. The molecule has 2 aromatic rings. The lowest BCUT2D eigenvalue weighted by molar-refractivity contribution is 0.0934. The highest BCUT2D eigenvalue weighted by molar-refractivity contribution is 14.1. The highest BCUT2D eigenvalue weighted by Gasteiger charge is 2.35. The molecule has 0 aliphatic carbocycles. The van der Waals surface area contributed by atoms with Gasteiger partial charge in [0, 0.05) is 19.8 Å². The van der Waals surface area contributed by atoms with E-state index in [2.05, 4.69) is 38.5 Å². The fourth-order valence-electron chi connectivity index (χ4n) is 2.10. The number of halogens is 5. The van der Waals surface area contributed by atoms with Gasteiger partial charge in [0.05, 0.1) is 0 Å². The topological polar surface area (TPSA) is 53.2 Å². The van der Waals surface area contributed by atoms with Crippen molar-refractivity contribution in [3.8, 4) is 0 Å². The van der Waals surface area contributed by atoms with Crippen molar-refractivity contribution in [1.29, 1.82) is 0 Å². The Morgan fingerprint density at radius 1 is 1.15 bits per heavy atom. The van der Waals surface area contributed by atoms with E-state index in [9.17, 15) is 4.79 Å². The fourth-order valence-corrected chi connectivity index (χ4v) is 3.49. The predicted octanol–water partition coefficient (Wildman–Crippen LogP) is 5.67. The number of anilines is 1. The molecule has 4 nitrogen and oxygen atoms in total. The summed E-state index contributed by atoms with van der Waals surface area (Å²) in [6, 6.07) is 12.2. The summed E-state index contributed by atoms with van der Waals surface area (Å²) in [6.07, 6.45) is -1.07. The number of thiocarbonyl (C=S) groups is 1. The molecule has 0 fully saturated rings. The Labute approximate surface area is 196 Å². The van der Waals surface area contributed by atoms with Gasteiger partial charge in [-0.05, 0) is 83.7 Å². The number of nitrogens with one attached hydrogen (secondary N) is 3. The van der Waals surface area contributed by atoms with Crippen molar-refractivity contribution in [1.82, 2.24) is 10.6 Å². The Kier molecular flexibility index (Phi) is 8.27. The van der Waals surface area contributed by atoms with E-state index < -0.39 is 15.9 Å². The van der Waals surface area contributed by atoms with Crippen LogP contribution in [0.4, 0.5) is 5.69 Å². The highest BCUT2D eigenvalue weighted by atomic mass is 127. The van der Waals surface area contributed by atoms with Crippen LogP contribution in [0.2, 0.25) is 5.02 Å². The minimum absolute atomic E-state index is 0.196.